The molecule has 0 bridgehead atoms. The second-order valence-electron chi connectivity index (χ2n) is 6.43. The molecule has 0 aromatic heterocycles. The van der Waals surface area contributed by atoms with E-state index in [0.717, 1.165) is 12.8 Å². The number of hydrogen-bond donors (Lipinski definition) is 0. The van der Waals surface area contributed by atoms with Crippen molar-refractivity contribution in [2.45, 2.75) is 24.2 Å². The number of hydrogen-bond acceptors (Lipinski definition) is 4. The largest absolute Gasteiger partial charge is 0.497 e. The van der Waals surface area contributed by atoms with E-state index in [1.165, 1.54) is 4.31 Å². The molecule has 1 unspecified atom stereocenters. The van der Waals surface area contributed by atoms with Crippen LogP contribution in [0.1, 0.15) is 19.3 Å². The van der Waals surface area contributed by atoms with E-state index in [9.17, 15) is 13.2 Å². The molecule has 1 saturated heterocycles. The first kappa shape index (κ1) is 17.9. The van der Waals surface area contributed by atoms with Crippen LogP contribution in [0.25, 0.3) is 0 Å². The zero-order valence-corrected chi connectivity index (χ0v) is 15.2. The summed E-state index contributed by atoms with van der Waals surface area (Å²) in [5, 5.41) is 0. The molecule has 1 aromatic carbocycles. The van der Waals surface area contributed by atoms with Gasteiger partial charge in [-0.15, -0.1) is 0 Å². The first-order valence-corrected chi connectivity index (χ1v) is 10.0. The van der Waals surface area contributed by atoms with Crippen molar-refractivity contribution in [2.24, 2.45) is 5.92 Å². The molecule has 1 atom stereocenters. The Labute approximate surface area is 149 Å². The zero-order valence-electron chi connectivity index (χ0n) is 14.4. The van der Waals surface area contributed by atoms with Crippen LogP contribution in [0.15, 0.2) is 41.3 Å². The van der Waals surface area contributed by atoms with Crippen molar-refractivity contribution >= 4 is 15.9 Å². The van der Waals surface area contributed by atoms with Crippen LogP contribution in [0.5, 0.6) is 5.75 Å². The van der Waals surface area contributed by atoms with Crippen molar-refractivity contribution in [1.29, 1.82) is 0 Å². The predicted molar refractivity (Wildman–Crippen MR) is 94.8 cm³/mol. The summed E-state index contributed by atoms with van der Waals surface area (Å²) in [5.41, 5.74) is 0. The van der Waals surface area contributed by atoms with Crippen LogP contribution >= 0.6 is 0 Å². The smallest absolute Gasteiger partial charge is 0.243 e. The van der Waals surface area contributed by atoms with Crippen molar-refractivity contribution in [3.05, 3.63) is 36.4 Å². The Morgan fingerprint density at radius 3 is 2.40 bits per heavy atom. The molecular weight excluding hydrogens is 340 g/mol. The monoisotopic (exact) mass is 364 g/mol. The van der Waals surface area contributed by atoms with E-state index in [4.69, 9.17) is 4.74 Å². The van der Waals surface area contributed by atoms with Crippen LogP contribution in [0, 0.1) is 5.92 Å². The highest BCUT2D eigenvalue weighted by molar-refractivity contribution is 7.89. The molecule has 0 N–H and O–H groups in total. The third-order valence-corrected chi connectivity index (χ3v) is 6.75. The van der Waals surface area contributed by atoms with Crippen LogP contribution in [0.2, 0.25) is 0 Å². The Morgan fingerprint density at radius 2 is 1.84 bits per heavy atom. The normalized spacial score (nSPS) is 21.5. The predicted octanol–water partition coefficient (Wildman–Crippen LogP) is 1.88. The molecule has 1 aliphatic carbocycles. The van der Waals surface area contributed by atoms with Crippen LogP contribution in [-0.4, -0.2) is 56.8 Å². The van der Waals surface area contributed by atoms with Gasteiger partial charge >= 0.3 is 0 Å². The standard InChI is InChI=1S/C18H24N2O4S/c1-24-16-6-8-17(9-7-16)25(22,23)20-12-10-19(11-13-20)18(21)14-15-4-2-3-5-15/h2,4,6-9,15H,3,5,10-14H2,1H3. The SMILES string of the molecule is COc1ccc(S(=O)(=O)N2CCN(C(=O)CC3C=CCC3)CC2)cc1. The molecule has 1 aromatic rings. The Hall–Kier alpha value is -1.86. The first-order valence-electron chi connectivity index (χ1n) is 8.59. The average Bonchev–Trinajstić information content (AvgIpc) is 3.15. The number of carbonyl (C=O) groups is 1. The van der Waals surface area contributed by atoms with Crippen LogP contribution in [-0.2, 0) is 14.8 Å². The fraction of sp³-hybridized carbons (Fsp3) is 0.500. The first-order chi connectivity index (χ1) is 12.0. The molecule has 1 fully saturated rings. The van der Waals surface area contributed by atoms with Gasteiger partial charge in [0, 0.05) is 32.6 Å². The maximum atomic E-state index is 12.7. The summed E-state index contributed by atoms with van der Waals surface area (Å²) < 4.78 is 31.9. The molecule has 1 heterocycles. The molecule has 136 valence electrons. The summed E-state index contributed by atoms with van der Waals surface area (Å²) in [4.78, 5) is 14.4. The van der Waals surface area contributed by atoms with Gasteiger partial charge in [-0.05, 0) is 43.0 Å². The number of carbonyl (C=O) groups excluding carboxylic acids is 1. The third kappa shape index (κ3) is 4.04. The molecule has 0 spiro atoms. The highest BCUT2D eigenvalue weighted by Gasteiger charge is 2.30. The molecule has 0 radical (unpaired) electrons. The number of nitrogens with zero attached hydrogens (tertiary/aromatic N) is 2. The van der Waals surface area contributed by atoms with Gasteiger partial charge in [0.15, 0.2) is 0 Å². The van der Waals surface area contributed by atoms with Gasteiger partial charge in [-0.3, -0.25) is 4.79 Å². The summed E-state index contributed by atoms with van der Waals surface area (Å²) in [7, 11) is -1.99. The van der Waals surface area contributed by atoms with Crippen LogP contribution in [0.4, 0.5) is 0 Å². The van der Waals surface area contributed by atoms with E-state index < -0.39 is 10.0 Å². The van der Waals surface area contributed by atoms with Crippen LogP contribution in [0.3, 0.4) is 0 Å². The van der Waals surface area contributed by atoms with Gasteiger partial charge in [-0.2, -0.15) is 4.31 Å². The number of benzene rings is 1. The summed E-state index contributed by atoms with van der Waals surface area (Å²) in [6.07, 6.45) is 6.85. The number of sulfonamides is 1. The van der Waals surface area contributed by atoms with Gasteiger partial charge < -0.3 is 9.64 Å². The summed E-state index contributed by atoms with van der Waals surface area (Å²) >= 11 is 0. The molecule has 2 aliphatic rings. The van der Waals surface area contributed by atoms with Gasteiger partial charge in [-0.25, -0.2) is 8.42 Å². The van der Waals surface area contributed by atoms with E-state index >= 15 is 0 Å². The topological polar surface area (TPSA) is 66.9 Å². The lowest BCUT2D eigenvalue weighted by Gasteiger charge is -2.34. The molecule has 6 nitrogen and oxygen atoms in total. The van der Waals surface area contributed by atoms with E-state index in [2.05, 4.69) is 12.2 Å². The fourth-order valence-electron chi connectivity index (χ4n) is 3.29. The van der Waals surface area contributed by atoms with Gasteiger partial charge in [0.1, 0.15) is 5.75 Å². The van der Waals surface area contributed by atoms with E-state index in [1.807, 2.05) is 0 Å². The molecular formula is C18H24N2O4S. The molecule has 25 heavy (non-hydrogen) atoms. The van der Waals surface area contributed by atoms with Gasteiger partial charge in [-0.1, -0.05) is 12.2 Å². The molecule has 3 rings (SSSR count). The van der Waals surface area contributed by atoms with Gasteiger partial charge in [0.25, 0.3) is 0 Å². The molecule has 1 aliphatic heterocycles. The lowest BCUT2D eigenvalue weighted by molar-refractivity contribution is -0.133. The quantitative estimate of drug-likeness (QED) is 0.748. The maximum Gasteiger partial charge on any atom is 0.243 e. The number of ether oxygens (including phenoxy) is 1. The Bertz CT molecular complexity index is 735. The lowest BCUT2D eigenvalue weighted by Crippen LogP contribution is -2.50. The Kier molecular flexibility index (Phi) is 5.44. The minimum atomic E-state index is -3.53. The zero-order chi connectivity index (χ0) is 17.9. The maximum absolute atomic E-state index is 12.7. The number of amides is 1. The minimum absolute atomic E-state index is 0.123. The number of piperazine rings is 1. The van der Waals surface area contributed by atoms with Gasteiger partial charge in [0.2, 0.25) is 15.9 Å². The number of rotatable bonds is 5. The van der Waals surface area contributed by atoms with E-state index in [-0.39, 0.29) is 10.8 Å². The van der Waals surface area contributed by atoms with Crippen molar-refractivity contribution in [2.75, 3.05) is 33.3 Å². The Balaban J connectivity index is 1.58. The highest BCUT2D eigenvalue weighted by atomic mass is 32.2. The summed E-state index contributed by atoms with van der Waals surface area (Å²) in [6, 6.07) is 6.39. The third-order valence-electron chi connectivity index (χ3n) is 4.84. The van der Waals surface area contributed by atoms with Crippen molar-refractivity contribution in [1.82, 2.24) is 9.21 Å². The van der Waals surface area contributed by atoms with Crippen molar-refractivity contribution in [3.63, 3.8) is 0 Å². The van der Waals surface area contributed by atoms with Gasteiger partial charge in [0.05, 0.1) is 12.0 Å². The fourth-order valence-corrected chi connectivity index (χ4v) is 4.72. The highest BCUT2D eigenvalue weighted by Crippen LogP contribution is 2.23. The van der Waals surface area contributed by atoms with Crippen molar-refractivity contribution in [3.8, 4) is 5.75 Å². The minimum Gasteiger partial charge on any atom is -0.497 e. The average molecular weight is 364 g/mol. The second-order valence-corrected chi connectivity index (χ2v) is 8.37. The molecule has 1 amide bonds. The number of methoxy groups -OCH3 is 1. The van der Waals surface area contributed by atoms with E-state index in [0.29, 0.717) is 44.3 Å². The van der Waals surface area contributed by atoms with Crippen molar-refractivity contribution < 1.29 is 17.9 Å². The van der Waals surface area contributed by atoms with E-state index in [1.54, 1.807) is 36.3 Å². The second kappa shape index (κ2) is 7.58. The summed E-state index contributed by atoms with van der Waals surface area (Å²) in [5.74, 6) is 1.09. The lowest BCUT2D eigenvalue weighted by atomic mass is 10.0. The Morgan fingerprint density at radius 1 is 1.16 bits per heavy atom. The molecule has 7 heteroatoms. The van der Waals surface area contributed by atoms with Crippen LogP contribution < -0.4 is 4.74 Å². The summed E-state index contributed by atoms with van der Waals surface area (Å²) in [6.45, 7) is 1.57. The molecule has 0 saturated carbocycles. The number of allylic oxidation sites excluding steroid dienone is 2.